The van der Waals surface area contributed by atoms with E-state index in [1.54, 1.807) is 32.9 Å². The maximum Gasteiger partial charge on any atom is 0.333 e. The molecule has 4 fully saturated rings. The van der Waals surface area contributed by atoms with Gasteiger partial charge in [0.2, 0.25) is 0 Å². The van der Waals surface area contributed by atoms with Crippen LogP contribution in [0.4, 0.5) is 0 Å². The van der Waals surface area contributed by atoms with Crippen LogP contribution in [0.5, 0.6) is 0 Å². The molecular formula is C40H62O8. The van der Waals surface area contributed by atoms with Crippen molar-refractivity contribution < 1.29 is 39.5 Å². The van der Waals surface area contributed by atoms with Crippen LogP contribution in [0.15, 0.2) is 34.9 Å². The number of carbonyl (C=O) groups excluding carboxylic acids is 2. The summed E-state index contributed by atoms with van der Waals surface area (Å²) >= 11 is 0. The highest BCUT2D eigenvalue weighted by atomic mass is 16.6. The molecule has 0 aliphatic heterocycles. The second-order valence-electron chi connectivity index (χ2n) is 17.9. The predicted octanol–water partition coefficient (Wildman–Crippen LogP) is 6.06. The molecule has 4 N–H and O–H groups in total. The Labute approximate surface area is 288 Å². The lowest BCUT2D eigenvalue weighted by Crippen LogP contribution is -2.72. The maximum absolute atomic E-state index is 12.9. The van der Waals surface area contributed by atoms with Crippen LogP contribution in [-0.4, -0.2) is 70.0 Å². The average molecular weight is 671 g/mol. The quantitative estimate of drug-likeness (QED) is 0.152. The van der Waals surface area contributed by atoms with Gasteiger partial charge in [-0.2, -0.15) is 0 Å². The Balaban J connectivity index is 1.53. The number of rotatable bonds is 6. The minimum Gasteiger partial charge on any atom is -0.462 e. The summed E-state index contributed by atoms with van der Waals surface area (Å²) in [5.74, 6) is -0.738. The monoisotopic (exact) mass is 670 g/mol. The van der Waals surface area contributed by atoms with Crippen LogP contribution in [0, 0.1) is 50.2 Å². The lowest BCUT2D eigenvalue weighted by atomic mass is 9.33. The van der Waals surface area contributed by atoms with E-state index < -0.39 is 58.7 Å². The number of carbonyl (C=O) groups is 2. The van der Waals surface area contributed by atoms with Crippen molar-refractivity contribution in [1.29, 1.82) is 0 Å². The fraction of sp³-hybridized carbons (Fsp3) is 0.800. The van der Waals surface area contributed by atoms with Crippen molar-refractivity contribution in [3.63, 3.8) is 0 Å². The third-order valence-electron chi connectivity index (χ3n) is 15.4. The summed E-state index contributed by atoms with van der Waals surface area (Å²) in [6, 6.07) is 0. The fourth-order valence-corrected chi connectivity index (χ4v) is 11.9. The molecule has 0 bridgehead atoms. The fourth-order valence-electron chi connectivity index (χ4n) is 11.9. The molecule has 12 atom stereocenters. The summed E-state index contributed by atoms with van der Waals surface area (Å²) in [7, 11) is 0. The number of fused-ring (bicyclic) bond motifs is 7. The van der Waals surface area contributed by atoms with E-state index in [1.807, 2.05) is 20.8 Å². The highest BCUT2D eigenvalue weighted by Crippen LogP contribution is 2.75. The predicted molar refractivity (Wildman–Crippen MR) is 184 cm³/mol. The van der Waals surface area contributed by atoms with Crippen LogP contribution in [0.25, 0.3) is 0 Å². The lowest BCUT2D eigenvalue weighted by molar-refractivity contribution is -0.262. The summed E-state index contributed by atoms with van der Waals surface area (Å²) < 4.78 is 11.8. The Morgan fingerprint density at radius 3 is 2.10 bits per heavy atom. The summed E-state index contributed by atoms with van der Waals surface area (Å²) in [5.41, 5.74) is -0.994. The number of ether oxygens (including phenoxy) is 2. The van der Waals surface area contributed by atoms with E-state index in [4.69, 9.17) is 9.47 Å². The first-order chi connectivity index (χ1) is 22.2. The first-order valence-electron chi connectivity index (χ1n) is 18.2. The Kier molecular flexibility index (Phi) is 9.58. The van der Waals surface area contributed by atoms with Gasteiger partial charge in [0.05, 0.1) is 30.8 Å². The Hall–Kier alpha value is -2.00. The molecule has 5 rings (SSSR count). The van der Waals surface area contributed by atoms with Crippen molar-refractivity contribution in [3.8, 4) is 0 Å². The van der Waals surface area contributed by atoms with Crippen molar-refractivity contribution in [2.75, 3.05) is 13.2 Å². The largest absolute Gasteiger partial charge is 0.462 e. The second kappa shape index (κ2) is 12.3. The first kappa shape index (κ1) is 37.3. The highest BCUT2D eigenvalue weighted by Gasteiger charge is 2.73. The van der Waals surface area contributed by atoms with Crippen molar-refractivity contribution in [3.05, 3.63) is 34.9 Å². The van der Waals surface area contributed by atoms with Crippen molar-refractivity contribution >= 4 is 11.9 Å². The van der Waals surface area contributed by atoms with E-state index >= 15 is 0 Å². The number of hydrogen-bond donors (Lipinski definition) is 4. The molecule has 0 spiro atoms. The Morgan fingerprint density at radius 1 is 0.875 bits per heavy atom. The van der Waals surface area contributed by atoms with Crippen LogP contribution < -0.4 is 0 Å². The zero-order valence-electron chi connectivity index (χ0n) is 31.1. The van der Waals surface area contributed by atoms with Crippen molar-refractivity contribution in [2.45, 2.75) is 139 Å². The number of allylic oxidation sites excluding steroid dienone is 4. The highest BCUT2D eigenvalue weighted by molar-refractivity contribution is 5.88. The molecule has 48 heavy (non-hydrogen) atoms. The van der Waals surface area contributed by atoms with Crippen LogP contribution in [0.1, 0.15) is 114 Å². The zero-order chi connectivity index (χ0) is 35.8. The molecule has 0 aromatic heterocycles. The van der Waals surface area contributed by atoms with Gasteiger partial charge in [0.25, 0.3) is 0 Å². The molecule has 0 heterocycles. The van der Waals surface area contributed by atoms with Gasteiger partial charge in [-0.05, 0) is 107 Å². The molecular weight excluding hydrogens is 608 g/mol. The molecule has 270 valence electrons. The van der Waals surface area contributed by atoms with Crippen LogP contribution in [-0.2, 0) is 19.1 Å². The number of aliphatic hydroxyl groups is 4. The van der Waals surface area contributed by atoms with Crippen molar-refractivity contribution in [1.82, 2.24) is 0 Å². The molecule has 0 aromatic carbocycles. The molecule has 5 aliphatic carbocycles. The van der Waals surface area contributed by atoms with Gasteiger partial charge in [0, 0.05) is 22.0 Å². The summed E-state index contributed by atoms with van der Waals surface area (Å²) in [6.45, 7) is 19.9. The Bertz CT molecular complexity index is 1390. The van der Waals surface area contributed by atoms with E-state index in [-0.39, 0.29) is 41.2 Å². The third kappa shape index (κ3) is 5.04. The van der Waals surface area contributed by atoms with E-state index in [0.717, 1.165) is 25.7 Å². The average Bonchev–Trinajstić information content (AvgIpc) is 3.03. The summed E-state index contributed by atoms with van der Waals surface area (Å²) in [4.78, 5) is 25.6. The van der Waals surface area contributed by atoms with Gasteiger partial charge in [-0.15, -0.1) is 0 Å². The molecule has 0 saturated heterocycles. The van der Waals surface area contributed by atoms with Crippen LogP contribution in [0.3, 0.4) is 0 Å². The van der Waals surface area contributed by atoms with Gasteiger partial charge in [-0.25, -0.2) is 9.59 Å². The molecule has 0 amide bonds. The number of hydrogen-bond acceptors (Lipinski definition) is 8. The van der Waals surface area contributed by atoms with E-state index in [9.17, 15) is 30.0 Å². The van der Waals surface area contributed by atoms with Gasteiger partial charge in [0.15, 0.2) is 0 Å². The van der Waals surface area contributed by atoms with Gasteiger partial charge < -0.3 is 29.9 Å². The third-order valence-corrected chi connectivity index (χ3v) is 15.4. The molecule has 0 aromatic rings. The summed E-state index contributed by atoms with van der Waals surface area (Å²) in [6.07, 6.45) is 7.07. The smallest absolute Gasteiger partial charge is 0.333 e. The molecule has 0 radical (unpaired) electrons. The zero-order valence-corrected chi connectivity index (χ0v) is 31.1. The normalized spacial score (nSPS) is 47.0. The minimum atomic E-state index is -1.26. The van der Waals surface area contributed by atoms with Crippen LogP contribution in [0.2, 0.25) is 0 Å². The minimum absolute atomic E-state index is 0.139. The molecule has 4 saturated carbocycles. The van der Waals surface area contributed by atoms with Crippen LogP contribution >= 0.6 is 0 Å². The maximum atomic E-state index is 12.9. The van der Waals surface area contributed by atoms with E-state index in [1.165, 1.54) is 5.57 Å². The molecule has 5 aliphatic rings. The summed E-state index contributed by atoms with van der Waals surface area (Å²) in [5, 5.41) is 46.9. The van der Waals surface area contributed by atoms with Gasteiger partial charge in [-0.1, -0.05) is 65.3 Å². The molecule has 8 heteroatoms. The van der Waals surface area contributed by atoms with E-state index in [0.29, 0.717) is 30.4 Å². The van der Waals surface area contributed by atoms with Crippen molar-refractivity contribution in [2.24, 2.45) is 50.2 Å². The number of aliphatic hydroxyl groups excluding tert-OH is 4. The van der Waals surface area contributed by atoms with Gasteiger partial charge >= 0.3 is 11.9 Å². The standard InChI is InChI=1S/C40H62O8/c1-11-23(3)33(45)47-22-37(8)27-15-18-38(9)28(36(27,7)17-16-29(37)42)14-13-25-26-19-35(5,6)32(48-34(46)24(4)12-2)31(44)40(26,21-41)30(43)20-39(25,38)10/h11-13,26-32,41-44H,14-22H2,1-10H3/b23-11-,24-12-/t26?,27?,28?,29-,30+,31-,32-,36-,37+,38+,39+,40-/m0/s1. The molecule has 3 unspecified atom stereocenters. The van der Waals surface area contributed by atoms with E-state index in [2.05, 4.69) is 33.8 Å². The second-order valence-corrected chi connectivity index (χ2v) is 17.9. The number of esters is 2. The SMILES string of the molecule is C/C=C(/C)C(=O)OC[C@]1(C)C2CC[C@]3(C)C(CC=C4C5CC(C)(C)[C@@H](OC(=O)/C(C)=C\C)[C@H](O)[C@]5(CO)[C@H](O)C[C@]43C)[C@@]2(C)CC[C@@H]1O. The van der Waals surface area contributed by atoms with Gasteiger partial charge in [-0.3, -0.25) is 0 Å². The topological polar surface area (TPSA) is 134 Å². The first-order valence-corrected chi connectivity index (χ1v) is 18.2. The molecule has 8 nitrogen and oxygen atoms in total. The lowest BCUT2D eigenvalue weighted by Gasteiger charge is -2.72. The van der Waals surface area contributed by atoms with Gasteiger partial charge in [0.1, 0.15) is 12.2 Å². The Morgan fingerprint density at radius 2 is 1.50 bits per heavy atom.